The van der Waals surface area contributed by atoms with E-state index in [-0.39, 0.29) is 5.92 Å². The summed E-state index contributed by atoms with van der Waals surface area (Å²) in [6.45, 7) is 5.04. The minimum atomic E-state index is 0.0425. The highest BCUT2D eigenvalue weighted by Crippen LogP contribution is 2.29. The summed E-state index contributed by atoms with van der Waals surface area (Å²) >= 11 is 1.58. The molecule has 1 amide bonds. The topological polar surface area (TPSA) is 57.5 Å². The van der Waals surface area contributed by atoms with Gasteiger partial charge in [-0.1, -0.05) is 29.5 Å². The van der Waals surface area contributed by atoms with E-state index < -0.39 is 0 Å². The van der Waals surface area contributed by atoms with E-state index >= 15 is 0 Å². The van der Waals surface area contributed by atoms with Crippen LogP contribution in [0.5, 0.6) is 0 Å². The van der Waals surface area contributed by atoms with Gasteiger partial charge in [-0.15, -0.1) is 10.2 Å². The predicted octanol–water partition coefficient (Wildman–Crippen LogP) is 2.89. The number of benzene rings is 1. The van der Waals surface area contributed by atoms with Crippen molar-refractivity contribution in [2.45, 2.75) is 12.8 Å². The molecule has 30 heavy (non-hydrogen) atoms. The molecule has 156 valence electrons. The van der Waals surface area contributed by atoms with Gasteiger partial charge in [-0.2, -0.15) is 0 Å². The van der Waals surface area contributed by atoms with Crippen molar-refractivity contribution in [1.82, 2.24) is 19.7 Å². The van der Waals surface area contributed by atoms with E-state index in [1.807, 2.05) is 35.2 Å². The summed E-state index contributed by atoms with van der Waals surface area (Å²) in [6, 6.07) is 14.4. The Labute approximate surface area is 180 Å². The van der Waals surface area contributed by atoms with Crippen LogP contribution >= 0.6 is 11.3 Å². The third-order valence-corrected chi connectivity index (χ3v) is 6.98. The molecule has 2 aliphatic heterocycles. The second kappa shape index (κ2) is 8.47. The average molecular weight is 423 g/mol. The van der Waals surface area contributed by atoms with Gasteiger partial charge in [0.2, 0.25) is 16.2 Å². The Morgan fingerprint density at radius 1 is 0.867 bits per heavy atom. The van der Waals surface area contributed by atoms with Crippen molar-refractivity contribution in [3.63, 3.8) is 0 Å². The number of carbonyl (C=O) groups excluding carboxylic acids is 1. The number of aromatic nitrogens is 3. The molecule has 2 saturated heterocycles. The van der Waals surface area contributed by atoms with E-state index in [0.717, 1.165) is 62.4 Å². The number of hydrogen-bond donors (Lipinski definition) is 0. The van der Waals surface area contributed by atoms with Crippen LogP contribution in [0.1, 0.15) is 12.8 Å². The standard InChI is InChI=1S/C22H26N6OS/c29-20(26-15-13-25(14-16-26)19-8-2-1-3-9-19)18-7-6-12-28(17-18)22-24-23-21(30-22)27-10-4-5-11-27/h1-5,8-11,18H,6-7,12-17H2/t18-/m1/s1. The lowest BCUT2D eigenvalue weighted by Crippen LogP contribution is -2.52. The fourth-order valence-electron chi connectivity index (χ4n) is 4.34. The lowest BCUT2D eigenvalue weighted by atomic mass is 9.96. The van der Waals surface area contributed by atoms with Gasteiger partial charge in [-0.25, -0.2) is 0 Å². The van der Waals surface area contributed by atoms with Crippen molar-refractivity contribution in [2.75, 3.05) is 49.1 Å². The predicted molar refractivity (Wildman–Crippen MR) is 119 cm³/mol. The molecule has 8 heteroatoms. The summed E-state index contributed by atoms with van der Waals surface area (Å²) in [5, 5.41) is 10.5. The quantitative estimate of drug-likeness (QED) is 0.647. The second-order valence-electron chi connectivity index (χ2n) is 7.89. The normalized spacial score (nSPS) is 19.9. The number of hydrogen-bond acceptors (Lipinski definition) is 6. The maximum atomic E-state index is 13.2. The molecule has 0 radical (unpaired) electrons. The first kappa shape index (κ1) is 19.1. The molecule has 0 aliphatic carbocycles. The third-order valence-electron chi connectivity index (χ3n) is 5.98. The number of piperidine rings is 1. The number of nitrogens with zero attached hydrogens (tertiary/aromatic N) is 6. The smallest absolute Gasteiger partial charge is 0.227 e. The molecule has 0 unspecified atom stereocenters. The van der Waals surface area contributed by atoms with Gasteiger partial charge in [0.1, 0.15) is 0 Å². The van der Waals surface area contributed by atoms with Gasteiger partial charge >= 0.3 is 0 Å². The Balaban J connectivity index is 1.20. The molecule has 7 nitrogen and oxygen atoms in total. The Morgan fingerprint density at radius 2 is 1.60 bits per heavy atom. The van der Waals surface area contributed by atoms with Crippen LogP contribution < -0.4 is 9.80 Å². The van der Waals surface area contributed by atoms with E-state index in [9.17, 15) is 4.79 Å². The first-order chi connectivity index (χ1) is 14.8. The maximum absolute atomic E-state index is 13.2. The molecule has 0 N–H and O–H groups in total. The lowest BCUT2D eigenvalue weighted by Gasteiger charge is -2.39. The molecule has 4 heterocycles. The Hall–Kier alpha value is -2.87. The fraction of sp³-hybridized carbons (Fsp3) is 0.409. The van der Waals surface area contributed by atoms with Crippen LogP contribution in [0.15, 0.2) is 54.9 Å². The van der Waals surface area contributed by atoms with Crippen LogP contribution in [-0.4, -0.2) is 64.8 Å². The van der Waals surface area contributed by atoms with E-state index in [0.29, 0.717) is 5.91 Å². The SMILES string of the molecule is O=C([C@@H]1CCCN(c2nnc(-n3cccc3)s2)C1)N1CCN(c2ccccc2)CC1. The van der Waals surface area contributed by atoms with Crippen LogP contribution in [-0.2, 0) is 4.79 Å². The number of piperazine rings is 1. The monoisotopic (exact) mass is 422 g/mol. The third kappa shape index (κ3) is 3.92. The van der Waals surface area contributed by atoms with Crippen LogP contribution in [0, 0.1) is 5.92 Å². The van der Waals surface area contributed by atoms with Gasteiger partial charge in [0.15, 0.2) is 0 Å². The number of para-hydroxylation sites is 1. The highest BCUT2D eigenvalue weighted by atomic mass is 32.1. The van der Waals surface area contributed by atoms with E-state index in [1.54, 1.807) is 11.3 Å². The van der Waals surface area contributed by atoms with E-state index in [1.165, 1.54) is 5.69 Å². The van der Waals surface area contributed by atoms with Crippen molar-refractivity contribution in [1.29, 1.82) is 0 Å². The first-order valence-electron chi connectivity index (χ1n) is 10.6. The Morgan fingerprint density at radius 3 is 2.37 bits per heavy atom. The Bertz CT molecular complexity index is 965. The maximum Gasteiger partial charge on any atom is 0.227 e. The van der Waals surface area contributed by atoms with Crippen LogP contribution in [0.4, 0.5) is 10.8 Å². The molecule has 2 aliphatic rings. The van der Waals surface area contributed by atoms with E-state index in [4.69, 9.17) is 0 Å². The minimum Gasteiger partial charge on any atom is -0.368 e. The molecule has 2 fully saturated rings. The van der Waals surface area contributed by atoms with Crippen molar-refractivity contribution in [3.05, 3.63) is 54.9 Å². The number of carbonyl (C=O) groups is 1. The average Bonchev–Trinajstić information content (AvgIpc) is 3.52. The van der Waals surface area contributed by atoms with Gasteiger partial charge in [-0.3, -0.25) is 9.36 Å². The zero-order valence-electron chi connectivity index (χ0n) is 16.9. The van der Waals surface area contributed by atoms with Gasteiger partial charge in [0.25, 0.3) is 0 Å². The minimum absolute atomic E-state index is 0.0425. The summed E-state index contributed by atoms with van der Waals surface area (Å²) in [5.74, 6) is 0.337. The molecular formula is C22H26N6OS. The fourth-order valence-corrected chi connectivity index (χ4v) is 5.19. The summed E-state index contributed by atoms with van der Waals surface area (Å²) in [7, 11) is 0. The zero-order valence-corrected chi connectivity index (χ0v) is 17.7. The van der Waals surface area contributed by atoms with Crippen molar-refractivity contribution in [3.8, 4) is 5.13 Å². The van der Waals surface area contributed by atoms with Gasteiger partial charge in [0, 0.05) is 57.3 Å². The van der Waals surface area contributed by atoms with Gasteiger partial charge < -0.3 is 14.7 Å². The molecule has 1 atom stereocenters. The van der Waals surface area contributed by atoms with Crippen molar-refractivity contribution in [2.24, 2.45) is 5.92 Å². The Kier molecular flexibility index (Phi) is 5.40. The molecule has 2 aromatic heterocycles. The van der Waals surface area contributed by atoms with Gasteiger partial charge in [-0.05, 0) is 37.1 Å². The summed E-state index contributed by atoms with van der Waals surface area (Å²) in [4.78, 5) is 19.9. The number of amides is 1. The molecule has 0 bridgehead atoms. The second-order valence-corrected chi connectivity index (χ2v) is 8.82. The van der Waals surface area contributed by atoms with Crippen molar-refractivity contribution >= 4 is 28.1 Å². The highest BCUT2D eigenvalue weighted by molar-refractivity contribution is 7.17. The molecule has 0 spiro atoms. The highest BCUT2D eigenvalue weighted by Gasteiger charge is 2.32. The molecule has 0 saturated carbocycles. The van der Waals surface area contributed by atoms with Crippen LogP contribution in [0.25, 0.3) is 5.13 Å². The van der Waals surface area contributed by atoms with Gasteiger partial charge in [0.05, 0.1) is 5.92 Å². The first-order valence-corrected chi connectivity index (χ1v) is 11.4. The zero-order chi connectivity index (χ0) is 20.3. The summed E-state index contributed by atoms with van der Waals surface area (Å²) in [6.07, 6.45) is 5.92. The summed E-state index contributed by atoms with van der Waals surface area (Å²) < 4.78 is 1.97. The number of anilines is 2. The van der Waals surface area contributed by atoms with E-state index in [2.05, 4.69) is 49.2 Å². The molecular weight excluding hydrogens is 396 g/mol. The molecule has 1 aromatic carbocycles. The van der Waals surface area contributed by atoms with Crippen molar-refractivity contribution < 1.29 is 4.79 Å². The largest absolute Gasteiger partial charge is 0.368 e. The lowest BCUT2D eigenvalue weighted by molar-refractivity contribution is -0.136. The van der Waals surface area contributed by atoms with Crippen LogP contribution in [0.3, 0.4) is 0 Å². The number of rotatable bonds is 4. The molecule has 3 aromatic rings. The van der Waals surface area contributed by atoms with Crippen LogP contribution in [0.2, 0.25) is 0 Å². The summed E-state index contributed by atoms with van der Waals surface area (Å²) in [5.41, 5.74) is 1.24. The molecule has 5 rings (SSSR count).